The summed E-state index contributed by atoms with van der Waals surface area (Å²) in [6.07, 6.45) is 0.320. The van der Waals surface area contributed by atoms with Gasteiger partial charge in [0.05, 0.1) is 6.10 Å². The normalized spacial score (nSPS) is 27.4. The third-order valence-corrected chi connectivity index (χ3v) is 2.43. The number of rotatable bonds is 0. The molecule has 0 aliphatic carbocycles. The summed E-state index contributed by atoms with van der Waals surface area (Å²) in [4.78, 5) is 13.3. The number of hydrogen-bond acceptors (Lipinski definition) is 4. The second-order valence-corrected chi connectivity index (χ2v) is 5.36. The van der Waals surface area contributed by atoms with Crippen LogP contribution in [0, 0.1) is 0 Å². The largest absolute Gasteiger partial charge is 0.444 e. The van der Waals surface area contributed by atoms with Crippen molar-refractivity contribution in [2.75, 3.05) is 13.1 Å². The summed E-state index contributed by atoms with van der Waals surface area (Å²) in [5.41, 5.74) is 5.27. The van der Waals surface area contributed by atoms with Gasteiger partial charge >= 0.3 is 6.09 Å². The van der Waals surface area contributed by atoms with Gasteiger partial charge in [-0.25, -0.2) is 4.79 Å². The van der Waals surface area contributed by atoms with Crippen LogP contribution in [0.25, 0.3) is 0 Å². The fourth-order valence-corrected chi connectivity index (χ4v) is 1.70. The Balaban J connectivity index is 2.55. The molecule has 1 aliphatic rings. The number of carbonyl (C=O) groups excluding carboxylic acids is 1. The first-order valence-electron chi connectivity index (χ1n) is 5.69. The van der Waals surface area contributed by atoms with Gasteiger partial charge in [-0.15, -0.1) is 0 Å². The maximum atomic E-state index is 11.8. The minimum absolute atomic E-state index is 0.0394. The molecule has 1 heterocycles. The molecule has 16 heavy (non-hydrogen) atoms. The monoisotopic (exact) mass is 230 g/mol. The molecule has 0 unspecified atom stereocenters. The quantitative estimate of drug-likeness (QED) is 0.642. The Morgan fingerprint density at radius 1 is 1.50 bits per heavy atom. The lowest BCUT2D eigenvalue weighted by Crippen LogP contribution is -2.40. The lowest BCUT2D eigenvalue weighted by Gasteiger charge is -2.27. The zero-order chi connectivity index (χ0) is 12.3. The van der Waals surface area contributed by atoms with Gasteiger partial charge in [0.1, 0.15) is 5.60 Å². The van der Waals surface area contributed by atoms with Crippen molar-refractivity contribution in [3.05, 3.63) is 0 Å². The van der Waals surface area contributed by atoms with Gasteiger partial charge in [0, 0.05) is 19.1 Å². The Morgan fingerprint density at radius 2 is 2.12 bits per heavy atom. The van der Waals surface area contributed by atoms with Gasteiger partial charge < -0.3 is 20.5 Å². The summed E-state index contributed by atoms with van der Waals surface area (Å²) < 4.78 is 5.25. The molecule has 0 saturated carbocycles. The second-order valence-electron chi connectivity index (χ2n) is 5.36. The number of nitrogens with two attached hydrogens (primary N) is 1. The van der Waals surface area contributed by atoms with Crippen LogP contribution >= 0.6 is 0 Å². The first kappa shape index (κ1) is 13.3. The van der Waals surface area contributed by atoms with Crippen molar-refractivity contribution in [1.29, 1.82) is 0 Å². The maximum absolute atomic E-state index is 11.8. The van der Waals surface area contributed by atoms with E-state index in [4.69, 9.17) is 10.5 Å². The smallest absolute Gasteiger partial charge is 0.410 e. The number of amides is 1. The van der Waals surface area contributed by atoms with Crippen LogP contribution in [-0.4, -0.2) is 46.9 Å². The van der Waals surface area contributed by atoms with E-state index in [0.717, 1.165) is 0 Å². The molecule has 1 saturated heterocycles. The number of hydrogen-bond donors (Lipinski definition) is 2. The van der Waals surface area contributed by atoms with Crippen LogP contribution in [0.15, 0.2) is 0 Å². The van der Waals surface area contributed by atoms with E-state index in [1.54, 1.807) is 0 Å². The molecule has 0 radical (unpaired) electrons. The van der Waals surface area contributed by atoms with Crippen molar-refractivity contribution < 1.29 is 14.6 Å². The van der Waals surface area contributed by atoms with Crippen LogP contribution in [0.3, 0.4) is 0 Å². The Kier molecular flexibility index (Phi) is 4.15. The van der Waals surface area contributed by atoms with Crippen LogP contribution < -0.4 is 5.73 Å². The van der Waals surface area contributed by atoms with Crippen molar-refractivity contribution in [1.82, 2.24) is 4.90 Å². The van der Waals surface area contributed by atoms with E-state index in [-0.39, 0.29) is 12.1 Å². The molecule has 3 N–H and O–H groups in total. The molecule has 5 nitrogen and oxygen atoms in total. The van der Waals surface area contributed by atoms with E-state index in [1.807, 2.05) is 20.8 Å². The molecule has 0 bridgehead atoms. The standard InChI is InChI=1S/C11H22N2O3/c1-11(2,3)16-10(15)13-5-4-8(12)6-9(14)7-13/h8-9,14H,4-7,12H2,1-3H3/t8-,9-/m0/s1. The van der Waals surface area contributed by atoms with Gasteiger partial charge in [0.2, 0.25) is 0 Å². The highest BCUT2D eigenvalue weighted by molar-refractivity contribution is 5.68. The van der Waals surface area contributed by atoms with E-state index >= 15 is 0 Å². The molecular weight excluding hydrogens is 208 g/mol. The summed E-state index contributed by atoms with van der Waals surface area (Å²) in [7, 11) is 0. The molecule has 94 valence electrons. The van der Waals surface area contributed by atoms with E-state index in [2.05, 4.69) is 0 Å². The third kappa shape index (κ3) is 4.37. The average Bonchev–Trinajstić information content (AvgIpc) is 2.23. The van der Waals surface area contributed by atoms with Gasteiger partial charge in [-0.2, -0.15) is 0 Å². The van der Waals surface area contributed by atoms with Gasteiger partial charge in [0.25, 0.3) is 0 Å². The maximum Gasteiger partial charge on any atom is 0.410 e. The average molecular weight is 230 g/mol. The second kappa shape index (κ2) is 5.01. The highest BCUT2D eigenvalue weighted by Crippen LogP contribution is 2.14. The molecule has 0 spiro atoms. The molecule has 5 heteroatoms. The van der Waals surface area contributed by atoms with Crippen molar-refractivity contribution in [3.63, 3.8) is 0 Å². The van der Waals surface area contributed by atoms with Gasteiger partial charge in [-0.05, 0) is 33.6 Å². The van der Waals surface area contributed by atoms with Gasteiger partial charge in [-0.1, -0.05) is 0 Å². The van der Waals surface area contributed by atoms with Crippen LogP contribution in [-0.2, 0) is 4.74 Å². The highest BCUT2D eigenvalue weighted by Gasteiger charge is 2.27. The SMILES string of the molecule is CC(C)(C)OC(=O)N1CC[C@H](N)C[C@H](O)C1. The zero-order valence-electron chi connectivity index (χ0n) is 10.3. The Labute approximate surface area is 96.6 Å². The number of likely N-dealkylation sites (tertiary alicyclic amines) is 1. The number of nitrogens with zero attached hydrogens (tertiary/aromatic N) is 1. The number of aliphatic hydroxyl groups excluding tert-OH is 1. The molecule has 0 aromatic heterocycles. The fourth-order valence-electron chi connectivity index (χ4n) is 1.70. The van der Waals surface area contributed by atoms with E-state index < -0.39 is 11.7 Å². The van der Waals surface area contributed by atoms with Crippen molar-refractivity contribution in [2.24, 2.45) is 5.73 Å². The van der Waals surface area contributed by atoms with Crippen LogP contribution in [0.4, 0.5) is 4.79 Å². The van der Waals surface area contributed by atoms with E-state index in [9.17, 15) is 9.90 Å². The van der Waals surface area contributed by atoms with Gasteiger partial charge in [-0.3, -0.25) is 0 Å². The van der Waals surface area contributed by atoms with Crippen LogP contribution in [0.2, 0.25) is 0 Å². The molecule has 1 rings (SSSR count). The Hall–Kier alpha value is -0.810. The minimum atomic E-state index is -0.551. The predicted molar refractivity (Wildman–Crippen MR) is 61.0 cm³/mol. The molecular formula is C11H22N2O3. The minimum Gasteiger partial charge on any atom is -0.444 e. The van der Waals surface area contributed by atoms with Crippen molar-refractivity contribution in [3.8, 4) is 0 Å². The van der Waals surface area contributed by atoms with Crippen LogP contribution in [0.5, 0.6) is 0 Å². The summed E-state index contributed by atoms with van der Waals surface area (Å²) in [5, 5.41) is 9.65. The first-order valence-corrected chi connectivity index (χ1v) is 5.69. The molecule has 1 aliphatic heterocycles. The predicted octanol–water partition coefficient (Wildman–Crippen LogP) is 0.705. The molecule has 0 aromatic carbocycles. The Bertz CT molecular complexity index is 250. The lowest BCUT2D eigenvalue weighted by atomic mass is 10.1. The first-order chi connectivity index (χ1) is 7.28. The van der Waals surface area contributed by atoms with E-state index in [1.165, 1.54) is 4.90 Å². The summed E-state index contributed by atoms with van der Waals surface area (Å²) in [6.45, 7) is 6.33. The highest BCUT2D eigenvalue weighted by atomic mass is 16.6. The molecule has 1 amide bonds. The van der Waals surface area contributed by atoms with Crippen molar-refractivity contribution in [2.45, 2.75) is 51.4 Å². The Morgan fingerprint density at radius 3 is 2.69 bits per heavy atom. The lowest BCUT2D eigenvalue weighted by molar-refractivity contribution is 0.0173. The summed E-state index contributed by atoms with van der Waals surface area (Å²) >= 11 is 0. The molecule has 0 aromatic rings. The van der Waals surface area contributed by atoms with Gasteiger partial charge in [0.15, 0.2) is 0 Å². The van der Waals surface area contributed by atoms with E-state index in [0.29, 0.717) is 25.9 Å². The van der Waals surface area contributed by atoms with Crippen LogP contribution in [0.1, 0.15) is 33.6 Å². The topological polar surface area (TPSA) is 75.8 Å². The molecule has 1 fully saturated rings. The van der Waals surface area contributed by atoms with Crippen molar-refractivity contribution >= 4 is 6.09 Å². The number of carbonyl (C=O) groups is 1. The number of ether oxygens (including phenoxy) is 1. The number of β-amino-alcohol motifs (C(OH)–C–C–N with tert-alkyl or cyclic N) is 1. The summed E-state index contributed by atoms with van der Waals surface area (Å²) in [6, 6.07) is -0.0394. The third-order valence-electron chi connectivity index (χ3n) is 2.43. The summed E-state index contributed by atoms with van der Waals surface area (Å²) in [5.74, 6) is 0. The fraction of sp³-hybridized carbons (Fsp3) is 0.909. The molecule has 2 atom stereocenters. The number of aliphatic hydroxyl groups is 1. The zero-order valence-corrected chi connectivity index (χ0v) is 10.3.